The zero-order chi connectivity index (χ0) is 16.2. The predicted octanol–water partition coefficient (Wildman–Crippen LogP) is 1.35. The third-order valence-electron chi connectivity index (χ3n) is 4.83. The molecule has 0 radical (unpaired) electrons. The van der Waals surface area contributed by atoms with E-state index >= 15 is 0 Å². The van der Waals surface area contributed by atoms with E-state index in [1.54, 1.807) is 0 Å². The Labute approximate surface area is 143 Å². The first-order valence-electron chi connectivity index (χ1n) is 8.29. The zero-order valence-corrected chi connectivity index (χ0v) is 14.8. The minimum atomic E-state index is 0.586. The summed E-state index contributed by atoms with van der Waals surface area (Å²) in [6.07, 6.45) is 0. The van der Waals surface area contributed by atoms with Gasteiger partial charge in [-0.05, 0) is 11.6 Å². The number of aliphatic imine (C=N–C) groups is 1. The molecule has 1 aromatic rings. The van der Waals surface area contributed by atoms with Crippen LogP contribution in [0, 0.1) is 0 Å². The number of halogens is 1. The molecular weight excluding hydrogens is 310 g/mol. The van der Waals surface area contributed by atoms with Gasteiger partial charge in [-0.25, -0.2) is 0 Å². The third-order valence-corrected chi connectivity index (χ3v) is 5.20. The lowest BCUT2D eigenvalue weighted by atomic mass is 10.1. The van der Waals surface area contributed by atoms with Crippen LogP contribution in [0.5, 0.6) is 0 Å². The van der Waals surface area contributed by atoms with E-state index in [2.05, 4.69) is 38.1 Å². The number of nitrogens with zero attached hydrogens (tertiary/aromatic N) is 4. The highest BCUT2D eigenvalue weighted by Gasteiger charge is 2.31. The average molecular weight is 336 g/mol. The summed E-state index contributed by atoms with van der Waals surface area (Å²) in [4.78, 5) is 11.7. The molecule has 3 saturated heterocycles. The van der Waals surface area contributed by atoms with Crippen LogP contribution in [-0.2, 0) is 6.54 Å². The molecule has 1 N–H and O–H groups in total. The van der Waals surface area contributed by atoms with E-state index in [-0.39, 0.29) is 0 Å². The van der Waals surface area contributed by atoms with E-state index in [1.807, 2.05) is 25.2 Å². The van der Waals surface area contributed by atoms with E-state index < -0.39 is 0 Å². The SMILES string of the molecule is CN=C(NCC1CN2CCN1CC2)N(C)Cc1ccccc1Cl. The highest BCUT2D eigenvalue weighted by atomic mass is 35.5. The Hall–Kier alpha value is -1.30. The second-order valence-electron chi connectivity index (χ2n) is 6.37. The average Bonchev–Trinajstić information content (AvgIpc) is 2.58. The van der Waals surface area contributed by atoms with Crippen molar-refractivity contribution >= 4 is 17.6 Å². The molecule has 23 heavy (non-hydrogen) atoms. The fourth-order valence-corrected chi connectivity index (χ4v) is 3.66. The number of hydrogen-bond acceptors (Lipinski definition) is 3. The fourth-order valence-electron chi connectivity index (χ4n) is 3.47. The lowest BCUT2D eigenvalue weighted by molar-refractivity contribution is 0.0152. The van der Waals surface area contributed by atoms with Crippen molar-refractivity contribution in [1.82, 2.24) is 20.0 Å². The molecule has 1 unspecified atom stereocenters. The van der Waals surface area contributed by atoms with Crippen LogP contribution in [0.3, 0.4) is 0 Å². The van der Waals surface area contributed by atoms with E-state index in [1.165, 1.54) is 26.2 Å². The lowest BCUT2D eigenvalue weighted by Crippen LogP contribution is -2.63. The minimum absolute atomic E-state index is 0.586. The van der Waals surface area contributed by atoms with E-state index in [4.69, 9.17) is 11.6 Å². The van der Waals surface area contributed by atoms with Crippen molar-refractivity contribution in [3.63, 3.8) is 0 Å². The predicted molar refractivity (Wildman–Crippen MR) is 96.1 cm³/mol. The largest absolute Gasteiger partial charge is 0.355 e. The van der Waals surface area contributed by atoms with Gasteiger partial charge < -0.3 is 10.2 Å². The number of hydrogen-bond donors (Lipinski definition) is 1. The molecule has 3 aliphatic rings. The Morgan fingerprint density at radius 3 is 2.65 bits per heavy atom. The van der Waals surface area contributed by atoms with Gasteiger partial charge in [-0.2, -0.15) is 0 Å². The third kappa shape index (κ3) is 3.97. The molecule has 5 nitrogen and oxygen atoms in total. The van der Waals surface area contributed by atoms with Crippen LogP contribution >= 0.6 is 11.6 Å². The Bertz CT molecular complexity index is 554. The first-order valence-corrected chi connectivity index (χ1v) is 8.67. The smallest absolute Gasteiger partial charge is 0.193 e. The van der Waals surface area contributed by atoms with Gasteiger partial charge in [0.05, 0.1) is 0 Å². The first kappa shape index (κ1) is 16.6. The highest BCUT2D eigenvalue weighted by molar-refractivity contribution is 6.31. The molecule has 0 amide bonds. The van der Waals surface area contributed by atoms with Crippen LogP contribution in [-0.4, -0.2) is 80.1 Å². The number of benzene rings is 1. The van der Waals surface area contributed by atoms with Gasteiger partial charge in [0.25, 0.3) is 0 Å². The van der Waals surface area contributed by atoms with Gasteiger partial charge in [-0.15, -0.1) is 0 Å². The molecule has 0 spiro atoms. The van der Waals surface area contributed by atoms with E-state index in [0.29, 0.717) is 6.04 Å². The Kier molecular flexibility index (Phi) is 5.41. The summed E-state index contributed by atoms with van der Waals surface area (Å²) >= 11 is 6.26. The maximum atomic E-state index is 6.26. The number of piperazine rings is 3. The zero-order valence-electron chi connectivity index (χ0n) is 14.0. The summed E-state index contributed by atoms with van der Waals surface area (Å²) in [5.41, 5.74) is 1.12. The Morgan fingerprint density at radius 2 is 2.04 bits per heavy atom. The summed E-state index contributed by atoms with van der Waals surface area (Å²) in [6, 6.07) is 8.56. The Morgan fingerprint density at radius 1 is 1.30 bits per heavy atom. The quantitative estimate of drug-likeness (QED) is 0.665. The van der Waals surface area contributed by atoms with E-state index in [9.17, 15) is 0 Å². The second-order valence-corrected chi connectivity index (χ2v) is 6.77. The summed E-state index contributed by atoms with van der Waals surface area (Å²) in [7, 11) is 3.89. The van der Waals surface area contributed by atoms with Gasteiger partial charge in [0.1, 0.15) is 0 Å². The van der Waals surface area contributed by atoms with Crippen LogP contribution in [0.4, 0.5) is 0 Å². The van der Waals surface area contributed by atoms with E-state index in [0.717, 1.165) is 36.2 Å². The van der Waals surface area contributed by atoms with Gasteiger partial charge in [-0.3, -0.25) is 14.8 Å². The fraction of sp³-hybridized carbons (Fsp3) is 0.588. The number of guanidine groups is 1. The Balaban J connectivity index is 1.54. The summed E-state index contributed by atoms with van der Waals surface area (Å²) in [6.45, 7) is 7.68. The number of nitrogens with one attached hydrogen (secondary N) is 1. The van der Waals surface area contributed by atoms with Crippen molar-refractivity contribution in [1.29, 1.82) is 0 Å². The molecule has 126 valence electrons. The molecule has 2 bridgehead atoms. The minimum Gasteiger partial charge on any atom is -0.355 e. The topological polar surface area (TPSA) is 34.1 Å². The lowest BCUT2D eigenvalue weighted by Gasteiger charge is -2.47. The molecule has 1 atom stereocenters. The van der Waals surface area contributed by atoms with Gasteiger partial charge in [0.15, 0.2) is 5.96 Å². The van der Waals surface area contributed by atoms with Crippen LogP contribution in [0.1, 0.15) is 5.56 Å². The van der Waals surface area contributed by atoms with Crippen LogP contribution in [0.2, 0.25) is 5.02 Å². The molecule has 0 aromatic heterocycles. The van der Waals surface area contributed by atoms with Crippen molar-refractivity contribution in [3.8, 4) is 0 Å². The normalized spacial score (nSPS) is 27.1. The van der Waals surface area contributed by atoms with Gasteiger partial charge in [-0.1, -0.05) is 29.8 Å². The van der Waals surface area contributed by atoms with Crippen LogP contribution < -0.4 is 5.32 Å². The molecule has 0 saturated carbocycles. The molecule has 3 fully saturated rings. The van der Waals surface area contributed by atoms with Crippen molar-refractivity contribution in [3.05, 3.63) is 34.9 Å². The van der Waals surface area contributed by atoms with Crippen LogP contribution in [0.15, 0.2) is 29.3 Å². The van der Waals surface area contributed by atoms with Crippen molar-refractivity contribution in [2.75, 3.05) is 53.4 Å². The van der Waals surface area contributed by atoms with Gasteiger partial charge in [0, 0.05) is 71.0 Å². The maximum absolute atomic E-state index is 6.26. The molecule has 4 rings (SSSR count). The number of fused-ring (bicyclic) bond motifs is 3. The van der Waals surface area contributed by atoms with Crippen LogP contribution in [0.25, 0.3) is 0 Å². The second kappa shape index (κ2) is 7.51. The van der Waals surface area contributed by atoms with Crippen molar-refractivity contribution in [2.24, 2.45) is 4.99 Å². The van der Waals surface area contributed by atoms with Gasteiger partial charge in [0.2, 0.25) is 0 Å². The van der Waals surface area contributed by atoms with Crippen molar-refractivity contribution in [2.45, 2.75) is 12.6 Å². The number of rotatable bonds is 4. The monoisotopic (exact) mass is 335 g/mol. The maximum Gasteiger partial charge on any atom is 0.193 e. The molecule has 3 heterocycles. The van der Waals surface area contributed by atoms with Gasteiger partial charge >= 0.3 is 0 Å². The molecule has 6 heteroatoms. The van der Waals surface area contributed by atoms with Crippen molar-refractivity contribution < 1.29 is 0 Å². The molecule has 0 aliphatic carbocycles. The highest BCUT2D eigenvalue weighted by Crippen LogP contribution is 2.17. The molecule has 3 aliphatic heterocycles. The molecular formula is C17H26ClN5. The summed E-state index contributed by atoms with van der Waals surface area (Å²) in [5, 5.41) is 4.33. The standard InChI is InChI=1S/C17H26ClN5/c1-19-17(21(2)12-14-5-3-4-6-16(14)18)20-11-15-13-22-7-9-23(15)10-8-22/h3-6,15H,7-13H2,1-2H3,(H,19,20). The molecule has 1 aromatic carbocycles. The summed E-state index contributed by atoms with van der Waals surface area (Å²) < 4.78 is 0. The summed E-state index contributed by atoms with van der Waals surface area (Å²) in [5.74, 6) is 0.919. The first-order chi connectivity index (χ1) is 11.2.